The molecule has 0 aromatic heterocycles. The number of hydrogen-bond donors (Lipinski definition) is 3. The van der Waals surface area contributed by atoms with E-state index >= 15 is 0 Å². The maximum atomic E-state index is 13.3. The van der Waals surface area contributed by atoms with E-state index in [0.29, 0.717) is 11.6 Å². The van der Waals surface area contributed by atoms with Crippen LogP contribution in [-0.2, 0) is 6.54 Å². The fourth-order valence-electron chi connectivity index (χ4n) is 1.77. The molecule has 0 spiro atoms. The summed E-state index contributed by atoms with van der Waals surface area (Å²) >= 11 is 5.78. The first-order valence-electron chi connectivity index (χ1n) is 5.78. The minimum Gasteiger partial charge on any atom is -0.478 e. The summed E-state index contributed by atoms with van der Waals surface area (Å²) < 4.78 is 13.3. The molecule has 0 atom stereocenters. The van der Waals surface area contributed by atoms with E-state index in [9.17, 15) is 9.18 Å². The minimum atomic E-state index is -1.28. The van der Waals surface area contributed by atoms with Crippen LogP contribution in [-0.4, -0.2) is 11.1 Å². The van der Waals surface area contributed by atoms with E-state index in [1.807, 2.05) is 12.1 Å². The predicted molar refractivity (Wildman–Crippen MR) is 76.6 cm³/mol. The van der Waals surface area contributed by atoms with Gasteiger partial charge in [-0.05, 0) is 29.8 Å². The molecule has 0 amide bonds. The fraction of sp³-hybridized carbons (Fsp3) is 0.0714. The van der Waals surface area contributed by atoms with Gasteiger partial charge in [0.15, 0.2) is 0 Å². The van der Waals surface area contributed by atoms with Crippen molar-refractivity contribution in [3.05, 3.63) is 58.4 Å². The first-order chi connectivity index (χ1) is 9.49. The Morgan fingerprint density at radius 1 is 1.25 bits per heavy atom. The van der Waals surface area contributed by atoms with Gasteiger partial charge in [-0.2, -0.15) is 0 Å². The number of rotatable bonds is 4. The number of hydrogen-bond acceptors (Lipinski definition) is 3. The molecule has 2 aromatic carbocycles. The first-order valence-corrected chi connectivity index (χ1v) is 6.16. The smallest absolute Gasteiger partial charge is 0.340 e. The Bertz CT molecular complexity index is 644. The number of carbonyl (C=O) groups is 1. The van der Waals surface area contributed by atoms with Gasteiger partial charge in [0.05, 0.1) is 11.4 Å². The molecule has 0 aliphatic carbocycles. The van der Waals surface area contributed by atoms with Crippen LogP contribution in [0, 0.1) is 5.82 Å². The predicted octanol–water partition coefficient (Wildman–Crippen LogP) is 3.37. The maximum Gasteiger partial charge on any atom is 0.340 e. The maximum absolute atomic E-state index is 13.3. The van der Waals surface area contributed by atoms with Crippen LogP contribution in [0.2, 0.25) is 5.02 Å². The highest BCUT2D eigenvalue weighted by atomic mass is 35.5. The van der Waals surface area contributed by atoms with E-state index in [2.05, 4.69) is 5.32 Å². The molecule has 0 radical (unpaired) electrons. The number of nitrogens with two attached hydrogens (primary N) is 1. The SMILES string of the molecule is Nc1c(F)ccc(NCc2ccc(Cl)cc2)c1C(=O)O. The zero-order valence-electron chi connectivity index (χ0n) is 10.4. The van der Waals surface area contributed by atoms with Gasteiger partial charge in [-0.1, -0.05) is 23.7 Å². The van der Waals surface area contributed by atoms with Gasteiger partial charge in [0.2, 0.25) is 0 Å². The summed E-state index contributed by atoms with van der Waals surface area (Å²) in [5.74, 6) is -2.03. The van der Waals surface area contributed by atoms with Crippen molar-refractivity contribution in [1.29, 1.82) is 0 Å². The van der Waals surface area contributed by atoms with E-state index in [-0.39, 0.29) is 16.9 Å². The molecule has 0 aliphatic rings. The Labute approximate surface area is 120 Å². The lowest BCUT2D eigenvalue weighted by molar-refractivity contribution is 0.0698. The standard InChI is InChI=1S/C14H12ClFN2O2/c15-9-3-1-8(2-4-9)7-18-11-6-5-10(16)13(17)12(11)14(19)20/h1-6,18H,7,17H2,(H,19,20). The van der Waals surface area contributed by atoms with Crippen LogP contribution < -0.4 is 11.1 Å². The van der Waals surface area contributed by atoms with E-state index in [4.69, 9.17) is 22.4 Å². The topological polar surface area (TPSA) is 75.3 Å². The lowest BCUT2D eigenvalue weighted by Crippen LogP contribution is -2.10. The number of anilines is 2. The molecule has 2 rings (SSSR count). The summed E-state index contributed by atoms with van der Waals surface area (Å²) in [6, 6.07) is 9.56. The van der Waals surface area contributed by atoms with Gasteiger partial charge >= 0.3 is 5.97 Å². The van der Waals surface area contributed by atoms with Gasteiger partial charge in [-0.25, -0.2) is 9.18 Å². The second-order valence-electron chi connectivity index (χ2n) is 4.17. The van der Waals surface area contributed by atoms with Crippen molar-refractivity contribution in [2.24, 2.45) is 0 Å². The van der Waals surface area contributed by atoms with Gasteiger partial charge in [0, 0.05) is 11.6 Å². The van der Waals surface area contributed by atoms with Crippen molar-refractivity contribution in [2.45, 2.75) is 6.54 Å². The quantitative estimate of drug-likeness (QED) is 0.756. The van der Waals surface area contributed by atoms with Gasteiger partial charge in [0.1, 0.15) is 11.4 Å². The second-order valence-corrected chi connectivity index (χ2v) is 4.61. The highest BCUT2D eigenvalue weighted by Gasteiger charge is 2.17. The molecule has 4 N–H and O–H groups in total. The molecule has 20 heavy (non-hydrogen) atoms. The monoisotopic (exact) mass is 294 g/mol. The van der Waals surface area contributed by atoms with Crippen molar-refractivity contribution in [1.82, 2.24) is 0 Å². The molecule has 2 aromatic rings. The summed E-state index contributed by atoms with van der Waals surface area (Å²) in [5.41, 5.74) is 6.00. The van der Waals surface area contributed by atoms with E-state index in [0.717, 1.165) is 11.6 Å². The molecule has 0 heterocycles. The summed E-state index contributed by atoms with van der Waals surface area (Å²) in [6.07, 6.45) is 0. The van der Waals surface area contributed by atoms with Crippen LogP contribution in [0.1, 0.15) is 15.9 Å². The van der Waals surface area contributed by atoms with Crippen LogP contribution in [0.4, 0.5) is 15.8 Å². The largest absolute Gasteiger partial charge is 0.478 e. The van der Waals surface area contributed by atoms with Gasteiger partial charge < -0.3 is 16.2 Å². The van der Waals surface area contributed by atoms with Crippen molar-refractivity contribution in [3.8, 4) is 0 Å². The first kappa shape index (κ1) is 14.1. The molecular weight excluding hydrogens is 283 g/mol. The van der Waals surface area contributed by atoms with Crippen molar-refractivity contribution in [3.63, 3.8) is 0 Å². The average molecular weight is 295 g/mol. The molecule has 0 aliphatic heterocycles. The van der Waals surface area contributed by atoms with Crippen LogP contribution in [0.3, 0.4) is 0 Å². The number of carboxylic acids is 1. The number of nitrogens with one attached hydrogen (secondary N) is 1. The highest BCUT2D eigenvalue weighted by molar-refractivity contribution is 6.30. The fourth-order valence-corrected chi connectivity index (χ4v) is 1.90. The molecular formula is C14H12ClFN2O2. The van der Waals surface area contributed by atoms with E-state index in [1.54, 1.807) is 12.1 Å². The van der Waals surface area contributed by atoms with E-state index in [1.165, 1.54) is 6.07 Å². The van der Waals surface area contributed by atoms with E-state index < -0.39 is 11.8 Å². The average Bonchev–Trinajstić information content (AvgIpc) is 2.41. The summed E-state index contributed by atoms with van der Waals surface area (Å²) in [4.78, 5) is 11.1. The van der Waals surface area contributed by atoms with Crippen LogP contribution >= 0.6 is 11.6 Å². The zero-order valence-corrected chi connectivity index (χ0v) is 11.1. The Morgan fingerprint density at radius 3 is 2.50 bits per heavy atom. The minimum absolute atomic E-state index is 0.265. The molecule has 0 fully saturated rings. The lowest BCUT2D eigenvalue weighted by atomic mass is 10.1. The highest BCUT2D eigenvalue weighted by Crippen LogP contribution is 2.25. The molecule has 104 valence electrons. The van der Waals surface area contributed by atoms with Crippen LogP contribution in [0.15, 0.2) is 36.4 Å². The molecule has 0 saturated carbocycles. The Morgan fingerprint density at radius 2 is 1.90 bits per heavy atom. The Balaban J connectivity index is 2.23. The number of nitrogen functional groups attached to an aromatic ring is 1. The number of aromatic carboxylic acids is 1. The van der Waals surface area contributed by atoms with Gasteiger partial charge in [-0.3, -0.25) is 0 Å². The van der Waals surface area contributed by atoms with Crippen molar-refractivity contribution >= 4 is 28.9 Å². The summed E-state index contributed by atoms with van der Waals surface area (Å²) in [5, 5.41) is 12.6. The third-order valence-electron chi connectivity index (χ3n) is 2.80. The van der Waals surface area contributed by atoms with Crippen LogP contribution in [0.5, 0.6) is 0 Å². The van der Waals surface area contributed by atoms with Gasteiger partial charge in [0.25, 0.3) is 0 Å². The zero-order chi connectivity index (χ0) is 14.7. The molecule has 0 saturated heterocycles. The van der Waals surface area contributed by atoms with Crippen molar-refractivity contribution < 1.29 is 14.3 Å². The summed E-state index contributed by atoms with van der Waals surface area (Å²) in [7, 11) is 0. The third kappa shape index (κ3) is 3.00. The number of carboxylic acid groups (broad SMARTS) is 1. The summed E-state index contributed by atoms with van der Waals surface area (Å²) in [6.45, 7) is 0.378. The number of benzene rings is 2. The van der Waals surface area contributed by atoms with Crippen molar-refractivity contribution in [2.75, 3.05) is 11.1 Å². The normalized spacial score (nSPS) is 10.3. The lowest BCUT2D eigenvalue weighted by Gasteiger charge is -2.12. The van der Waals surface area contributed by atoms with Gasteiger partial charge in [-0.15, -0.1) is 0 Å². The molecule has 4 nitrogen and oxygen atoms in total. The second kappa shape index (κ2) is 5.79. The molecule has 0 bridgehead atoms. The van der Waals surface area contributed by atoms with Crippen LogP contribution in [0.25, 0.3) is 0 Å². The molecule has 6 heteroatoms. The molecule has 0 unspecified atom stereocenters. The third-order valence-corrected chi connectivity index (χ3v) is 3.05. The Kier molecular flexibility index (Phi) is 4.10. The Hall–Kier alpha value is -2.27. The number of halogens is 2.